The van der Waals surface area contributed by atoms with E-state index in [1.165, 1.54) is 16.7 Å². The maximum Gasteiger partial charge on any atom is 0.231 e. The highest BCUT2D eigenvalue weighted by molar-refractivity contribution is 8.03. The van der Waals surface area contributed by atoms with Gasteiger partial charge in [-0.2, -0.15) is 5.26 Å². The first-order valence-electron chi connectivity index (χ1n) is 9.71. The summed E-state index contributed by atoms with van der Waals surface area (Å²) in [6, 6.07) is 16.8. The minimum atomic E-state index is -1.49. The van der Waals surface area contributed by atoms with Crippen molar-refractivity contribution < 1.29 is 19.4 Å². The van der Waals surface area contributed by atoms with Gasteiger partial charge in [-0.25, -0.2) is 0 Å². The molecule has 2 atom stereocenters. The second kappa shape index (κ2) is 8.05. The molecule has 7 heteroatoms. The molecule has 30 heavy (non-hydrogen) atoms. The topological polar surface area (TPSA) is 82.8 Å². The number of amides is 1. The SMILES string of the molecule is CCOc1ccc(C2(O)CSC3=C(C#N)C(c4ccc(OC)cc4)CC(=O)N32)cc1. The maximum atomic E-state index is 13.2. The molecule has 0 spiro atoms. The van der Waals surface area contributed by atoms with Gasteiger partial charge in [-0.3, -0.25) is 9.69 Å². The number of benzene rings is 2. The van der Waals surface area contributed by atoms with Crippen molar-refractivity contribution >= 4 is 17.7 Å². The molecule has 2 aliphatic rings. The fourth-order valence-corrected chi connectivity index (χ4v) is 5.30. The normalized spacial score (nSPS) is 23.2. The quantitative estimate of drug-likeness (QED) is 0.790. The van der Waals surface area contributed by atoms with Crippen LogP contribution >= 0.6 is 11.8 Å². The van der Waals surface area contributed by atoms with Crippen LogP contribution in [0.15, 0.2) is 59.1 Å². The Hall–Kier alpha value is -2.95. The fraction of sp³-hybridized carbons (Fsp3) is 0.304. The second-order valence-corrected chi connectivity index (χ2v) is 8.12. The van der Waals surface area contributed by atoms with E-state index in [4.69, 9.17) is 9.47 Å². The van der Waals surface area contributed by atoms with Crippen LogP contribution in [0.1, 0.15) is 30.4 Å². The Labute approximate surface area is 179 Å². The summed E-state index contributed by atoms with van der Waals surface area (Å²) in [5.74, 6) is 1.14. The molecule has 2 heterocycles. The number of rotatable bonds is 5. The Balaban J connectivity index is 1.71. The van der Waals surface area contributed by atoms with Crippen LogP contribution in [0.5, 0.6) is 11.5 Å². The van der Waals surface area contributed by atoms with Gasteiger partial charge in [-0.05, 0) is 36.8 Å². The molecule has 154 valence electrons. The van der Waals surface area contributed by atoms with E-state index in [0.717, 1.165) is 5.56 Å². The average molecular weight is 423 g/mol. The summed E-state index contributed by atoms with van der Waals surface area (Å²) in [4.78, 5) is 14.6. The van der Waals surface area contributed by atoms with Gasteiger partial charge in [0.2, 0.25) is 5.91 Å². The number of hydrogen-bond donors (Lipinski definition) is 1. The smallest absolute Gasteiger partial charge is 0.231 e. The molecular weight excluding hydrogens is 400 g/mol. The molecule has 2 aromatic carbocycles. The van der Waals surface area contributed by atoms with E-state index in [1.807, 2.05) is 31.2 Å². The Morgan fingerprint density at radius 2 is 1.87 bits per heavy atom. The first-order valence-corrected chi connectivity index (χ1v) is 10.7. The maximum absolute atomic E-state index is 13.2. The van der Waals surface area contributed by atoms with E-state index in [2.05, 4.69) is 6.07 Å². The van der Waals surface area contributed by atoms with Gasteiger partial charge in [0.25, 0.3) is 0 Å². The van der Waals surface area contributed by atoms with E-state index in [9.17, 15) is 15.2 Å². The van der Waals surface area contributed by atoms with Crippen LogP contribution in [0.3, 0.4) is 0 Å². The van der Waals surface area contributed by atoms with Crippen molar-refractivity contribution in [3.8, 4) is 17.6 Å². The molecule has 1 N–H and O–H groups in total. The van der Waals surface area contributed by atoms with Crippen molar-refractivity contribution in [2.45, 2.75) is 25.0 Å². The zero-order valence-corrected chi connectivity index (χ0v) is 17.6. The number of nitriles is 1. The van der Waals surface area contributed by atoms with Gasteiger partial charge in [-0.15, -0.1) is 11.8 Å². The van der Waals surface area contributed by atoms with Crippen LogP contribution in [-0.2, 0) is 10.5 Å². The molecule has 0 aromatic heterocycles. The summed E-state index contributed by atoms with van der Waals surface area (Å²) in [6.45, 7) is 2.45. The van der Waals surface area contributed by atoms with Crippen molar-refractivity contribution in [2.75, 3.05) is 19.5 Å². The number of aliphatic hydroxyl groups is 1. The van der Waals surface area contributed by atoms with Crippen molar-refractivity contribution in [1.29, 1.82) is 5.26 Å². The predicted octanol–water partition coefficient (Wildman–Crippen LogP) is 3.74. The molecule has 0 bridgehead atoms. The van der Waals surface area contributed by atoms with Gasteiger partial charge >= 0.3 is 0 Å². The Bertz CT molecular complexity index is 1030. The van der Waals surface area contributed by atoms with Crippen LogP contribution in [0, 0.1) is 11.3 Å². The number of ether oxygens (including phenoxy) is 2. The third-order valence-electron chi connectivity index (χ3n) is 5.46. The highest BCUT2D eigenvalue weighted by Crippen LogP contribution is 2.51. The number of thioether (sulfide) groups is 1. The largest absolute Gasteiger partial charge is 0.497 e. The summed E-state index contributed by atoms with van der Waals surface area (Å²) in [5.41, 5.74) is 0.494. The van der Waals surface area contributed by atoms with Crippen molar-refractivity contribution in [2.24, 2.45) is 0 Å². The molecule has 2 unspecified atom stereocenters. The lowest BCUT2D eigenvalue weighted by Gasteiger charge is -2.38. The molecule has 1 fully saturated rings. The van der Waals surface area contributed by atoms with Gasteiger partial charge in [0.05, 0.1) is 36.1 Å². The monoisotopic (exact) mass is 422 g/mol. The van der Waals surface area contributed by atoms with Gasteiger partial charge in [0, 0.05) is 17.9 Å². The van der Waals surface area contributed by atoms with Gasteiger partial charge in [0.15, 0.2) is 5.72 Å². The Kier molecular flexibility index (Phi) is 5.46. The summed E-state index contributed by atoms with van der Waals surface area (Å²) in [5, 5.41) is 21.9. The van der Waals surface area contributed by atoms with E-state index in [-0.39, 0.29) is 24.0 Å². The lowest BCUT2D eigenvalue weighted by molar-refractivity contribution is -0.149. The molecular formula is C23H22N2O4S. The van der Waals surface area contributed by atoms with Crippen LogP contribution in [0.25, 0.3) is 0 Å². The molecule has 1 amide bonds. The highest BCUT2D eigenvalue weighted by Gasteiger charge is 2.51. The third kappa shape index (κ3) is 3.32. The van der Waals surface area contributed by atoms with E-state index in [0.29, 0.717) is 34.3 Å². The average Bonchev–Trinajstić information content (AvgIpc) is 3.13. The minimum absolute atomic E-state index is 0.124. The molecule has 2 aliphatic heterocycles. The molecule has 1 saturated heterocycles. The van der Waals surface area contributed by atoms with E-state index in [1.54, 1.807) is 31.4 Å². The predicted molar refractivity (Wildman–Crippen MR) is 114 cm³/mol. The number of nitrogens with zero attached hydrogens (tertiary/aromatic N) is 2. The van der Waals surface area contributed by atoms with Crippen molar-refractivity contribution in [3.63, 3.8) is 0 Å². The van der Waals surface area contributed by atoms with Crippen molar-refractivity contribution in [1.82, 2.24) is 4.90 Å². The molecule has 0 radical (unpaired) electrons. The fourth-order valence-electron chi connectivity index (χ4n) is 3.94. The van der Waals surface area contributed by atoms with Crippen molar-refractivity contribution in [3.05, 3.63) is 70.3 Å². The number of carbonyl (C=O) groups excluding carboxylic acids is 1. The van der Waals surface area contributed by atoms with Crippen LogP contribution in [0.4, 0.5) is 0 Å². The summed E-state index contributed by atoms with van der Waals surface area (Å²) in [7, 11) is 1.59. The standard InChI is InChI=1S/C23H22N2O4S/c1-3-29-18-10-6-16(7-11-18)23(27)14-30-22-20(13-24)19(12-21(26)25(22)23)15-4-8-17(28-2)9-5-15/h4-11,19,27H,3,12,14H2,1-2H3. The van der Waals surface area contributed by atoms with Gasteiger partial charge in [0.1, 0.15) is 11.5 Å². The molecule has 4 rings (SSSR count). The first kappa shape index (κ1) is 20.3. The summed E-state index contributed by atoms with van der Waals surface area (Å²) in [6.07, 6.45) is 0.124. The zero-order chi connectivity index (χ0) is 21.3. The van der Waals surface area contributed by atoms with Gasteiger partial charge < -0.3 is 14.6 Å². The highest BCUT2D eigenvalue weighted by atomic mass is 32.2. The molecule has 6 nitrogen and oxygen atoms in total. The minimum Gasteiger partial charge on any atom is -0.497 e. The molecule has 0 saturated carbocycles. The first-order chi connectivity index (χ1) is 14.5. The summed E-state index contributed by atoms with van der Waals surface area (Å²) >= 11 is 1.34. The third-order valence-corrected chi connectivity index (χ3v) is 6.68. The van der Waals surface area contributed by atoms with Crippen LogP contribution in [0.2, 0.25) is 0 Å². The summed E-state index contributed by atoms with van der Waals surface area (Å²) < 4.78 is 10.7. The number of methoxy groups -OCH3 is 1. The zero-order valence-electron chi connectivity index (χ0n) is 16.8. The lowest BCUT2D eigenvalue weighted by atomic mass is 9.85. The molecule has 2 aromatic rings. The van der Waals surface area contributed by atoms with E-state index >= 15 is 0 Å². The number of fused-ring (bicyclic) bond motifs is 1. The van der Waals surface area contributed by atoms with E-state index < -0.39 is 5.72 Å². The number of allylic oxidation sites excluding steroid dienone is 1. The van der Waals surface area contributed by atoms with Gasteiger partial charge in [-0.1, -0.05) is 24.3 Å². The van der Waals surface area contributed by atoms with Crippen LogP contribution in [-0.4, -0.2) is 35.4 Å². The Morgan fingerprint density at radius 1 is 1.20 bits per heavy atom. The number of carbonyl (C=O) groups is 1. The Morgan fingerprint density at radius 3 is 2.47 bits per heavy atom. The lowest BCUT2D eigenvalue weighted by Crippen LogP contribution is -2.48. The second-order valence-electron chi connectivity index (χ2n) is 7.15. The van der Waals surface area contributed by atoms with Crippen LogP contribution < -0.4 is 9.47 Å². The molecule has 0 aliphatic carbocycles. The number of hydrogen-bond acceptors (Lipinski definition) is 6.